The van der Waals surface area contributed by atoms with E-state index in [1.165, 1.54) is 4.31 Å². The maximum absolute atomic E-state index is 11.7. The smallest absolute Gasteiger partial charge is 0.259 e. The number of nitrogens with zero attached hydrogens (tertiary/aromatic N) is 1. The molecule has 1 unspecified atom stereocenters. The largest absolute Gasteiger partial charge is 0.299 e. The molecule has 0 aromatic carbocycles. The molecular formula is C7H14ClNO3S2. The molecule has 7 heteroatoms. The zero-order chi connectivity index (χ0) is 11.0. The lowest BCUT2D eigenvalue weighted by molar-refractivity contribution is 0.424. The van der Waals surface area contributed by atoms with Crippen LogP contribution in [0.4, 0.5) is 0 Å². The molecule has 0 aliphatic carbocycles. The summed E-state index contributed by atoms with van der Waals surface area (Å²) in [5.41, 5.74) is 0. The normalized spacial score (nSPS) is 29.8. The minimum Gasteiger partial charge on any atom is -0.259 e. The van der Waals surface area contributed by atoms with Gasteiger partial charge >= 0.3 is 0 Å². The molecule has 1 aliphatic heterocycles. The molecule has 0 N–H and O–H groups in total. The second-order valence-corrected chi connectivity index (χ2v) is 8.62. The standard InChI is InChI=1S/C7H14ClNO3S2/c1-7(2)3-4-9(14(8,11)12)5-6-13(7)10/h3-6H2,1-2H3. The monoisotopic (exact) mass is 259 g/mol. The summed E-state index contributed by atoms with van der Waals surface area (Å²) in [5, 5.41) is 0. The van der Waals surface area contributed by atoms with Gasteiger partial charge in [0.1, 0.15) is 0 Å². The molecule has 1 rings (SSSR count). The minimum atomic E-state index is -3.65. The fourth-order valence-corrected chi connectivity index (χ4v) is 3.70. The van der Waals surface area contributed by atoms with Gasteiger partial charge in [-0.1, -0.05) is 0 Å². The van der Waals surface area contributed by atoms with E-state index in [4.69, 9.17) is 10.7 Å². The molecule has 1 fully saturated rings. The van der Waals surface area contributed by atoms with Gasteiger partial charge in [-0.15, -0.1) is 0 Å². The predicted octanol–water partition coefficient (Wildman–Crippen LogP) is 0.703. The highest BCUT2D eigenvalue weighted by Gasteiger charge is 2.33. The molecule has 0 bridgehead atoms. The van der Waals surface area contributed by atoms with Crippen LogP contribution < -0.4 is 0 Å². The van der Waals surface area contributed by atoms with Crippen molar-refractivity contribution in [2.24, 2.45) is 0 Å². The van der Waals surface area contributed by atoms with Crippen LogP contribution in [-0.2, 0) is 20.0 Å². The third-order valence-electron chi connectivity index (χ3n) is 2.41. The molecule has 0 aromatic rings. The Morgan fingerprint density at radius 3 is 2.43 bits per heavy atom. The van der Waals surface area contributed by atoms with Crippen LogP contribution in [0.2, 0.25) is 0 Å². The second-order valence-electron chi connectivity index (χ2n) is 3.90. The highest BCUT2D eigenvalue weighted by molar-refractivity contribution is 8.11. The SMILES string of the molecule is CC1(C)CCN(S(=O)(=O)Cl)CCS1=O. The van der Waals surface area contributed by atoms with Crippen molar-refractivity contribution < 1.29 is 12.6 Å². The number of halogens is 1. The van der Waals surface area contributed by atoms with Crippen LogP contribution >= 0.6 is 10.7 Å². The number of rotatable bonds is 1. The molecule has 84 valence electrons. The molecule has 14 heavy (non-hydrogen) atoms. The summed E-state index contributed by atoms with van der Waals surface area (Å²) in [6, 6.07) is 0. The lowest BCUT2D eigenvalue weighted by Gasteiger charge is -2.20. The van der Waals surface area contributed by atoms with Crippen molar-refractivity contribution in [2.45, 2.75) is 25.0 Å². The van der Waals surface area contributed by atoms with Gasteiger partial charge in [-0.3, -0.25) is 4.21 Å². The minimum absolute atomic E-state index is 0.252. The maximum atomic E-state index is 11.7. The zero-order valence-electron chi connectivity index (χ0n) is 8.19. The molecular weight excluding hydrogens is 246 g/mol. The molecule has 1 heterocycles. The third-order valence-corrected chi connectivity index (χ3v) is 5.97. The van der Waals surface area contributed by atoms with Crippen LogP contribution in [0, 0.1) is 0 Å². The van der Waals surface area contributed by atoms with Gasteiger partial charge in [-0.05, 0) is 20.3 Å². The Hall–Kier alpha value is 0.350. The summed E-state index contributed by atoms with van der Waals surface area (Å²) in [6.45, 7) is 4.37. The summed E-state index contributed by atoms with van der Waals surface area (Å²) in [5.74, 6) is 0.360. The van der Waals surface area contributed by atoms with Crippen molar-refractivity contribution in [3.63, 3.8) is 0 Å². The highest BCUT2D eigenvalue weighted by atomic mass is 35.7. The Kier molecular flexibility index (Phi) is 3.62. The van der Waals surface area contributed by atoms with E-state index in [-0.39, 0.29) is 11.3 Å². The molecule has 1 atom stereocenters. The molecule has 0 aromatic heterocycles. The third kappa shape index (κ3) is 2.92. The van der Waals surface area contributed by atoms with Crippen LogP contribution in [0.1, 0.15) is 20.3 Å². The zero-order valence-corrected chi connectivity index (χ0v) is 10.6. The Bertz CT molecular complexity index is 339. The molecule has 0 amide bonds. The van der Waals surface area contributed by atoms with E-state index >= 15 is 0 Å². The van der Waals surface area contributed by atoms with Crippen molar-refractivity contribution in [1.82, 2.24) is 4.31 Å². The molecule has 4 nitrogen and oxygen atoms in total. The van der Waals surface area contributed by atoms with Gasteiger partial charge in [0.15, 0.2) is 0 Å². The van der Waals surface area contributed by atoms with E-state index in [2.05, 4.69) is 0 Å². The van der Waals surface area contributed by atoms with Gasteiger partial charge in [0, 0.05) is 45.1 Å². The summed E-state index contributed by atoms with van der Waals surface area (Å²) in [4.78, 5) is 0. The van der Waals surface area contributed by atoms with Crippen LogP contribution in [0.3, 0.4) is 0 Å². The van der Waals surface area contributed by atoms with E-state index in [0.717, 1.165) is 0 Å². The van der Waals surface area contributed by atoms with Crippen molar-refractivity contribution in [3.8, 4) is 0 Å². The van der Waals surface area contributed by atoms with E-state index in [9.17, 15) is 12.6 Å². The Labute approximate surface area is 91.6 Å². The van der Waals surface area contributed by atoms with Gasteiger partial charge < -0.3 is 0 Å². The average Bonchev–Trinajstić information content (AvgIpc) is 2.11. The lowest BCUT2D eigenvalue weighted by Crippen LogP contribution is -2.30. The van der Waals surface area contributed by atoms with E-state index in [1.54, 1.807) is 0 Å². The van der Waals surface area contributed by atoms with Gasteiger partial charge in [0.25, 0.3) is 9.24 Å². The first kappa shape index (κ1) is 12.4. The van der Waals surface area contributed by atoms with Crippen molar-refractivity contribution in [2.75, 3.05) is 18.8 Å². The van der Waals surface area contributed by atoms with Gasteiger partial charge in [-0.25, -0.2) is 0 Å². The van der Waals surface area contributed by atoms with E-state index in [1.807, 2.05) is 13.8 Å². The number of hydrogen-bond donors (Lipinski definition) is 0. The highest BCUT2D eigenvalue weighted by Crippen LogP contribution is 2.23. The van der Waals surface area contributed by atoms with Crippen molar-refractivity contribution in [3.05, 3.63) is 0 Å². The number of hydrogen-bond acceptors (Lipinski definition) is 3. The van der Waals surface area contributed by atoms with Crippen molar-refractivity contribution >= 4 is 30.7 Å². The molecule has 0 radical (unpaired) electrons. The van der Waals surface area contributed by atoms with Crippen LogP contribution in [0.15, 0.2) is 0 Å². The summed E-state index contributed by atoms with van der Waals surface area (Å²) in [6.07, 6.45) is 0.575. The van der Waals surface area contributed by atoms with Crippen LogP contribution in [0.25, 0.3) is 0 Å². The summed E-state index contributed by atoms with van der Waals surface area (Å²) < 4.78 is 34.6. The first-order valence-corrected chi connectivity index (χ1v) is 7.90. The van der Waals surface area contributed by atoms with Gasteiger partial charge in [-0.2, -0.15) is 12.7 Å². The van der Waals surface area contributed by atoms with Gasteiger partial charge in [0.2, 0.25) is 0 Å². The van der Waals surface area contributed by atoms with E-state index < -0.39 is 20.0 Å². The second kappa shape index (κ2) is 4.08. The Balaban J connectivity index is 2.81. The molecule has 1 saturated heterocycles. The summed E-state index contributed by atoms with van der Waals surface area (Å²) >= 11 is 0. The first-order chi connectivity index (χ1) is 6.23. The molecule has 1 aliphatic rings. The Morgan fingerprint density at radius 2 is 1.93 bits per heavy atom. The van der Waals surface area contributed by atoms with E-state index in [0.29, 0.717) is 18.7 Å². The fourth-order valence-electron chi connectivity index (χ4n) is 1.30. The lowest BCUT2D eigenvalue weighted by atomic mass is 10.1. The summed E-state index contributed by atoms with van der Waals surface area (Å²) in [7, 11) is 0.585. The van der Waals surface area contributed by atoms with Crippen molar-refractivity contribution in [1.29, 1.82) is 0 Å². The maximum Gasteiger partial charge on any atom is 0.299 e. The van der Waals surface area contributed by atoms with Crippen LogP contribution in [-0.4, -0.2) is 40.5 Å². The Morgan fingerprint density at radius 1 is 1.36 bits per heavy atom. The quantitative estimate of drug-likeness (QED) is 0.652. The fraction of sp³-hybridized carbons (Fsp3) is 1.00. The van der Waals surface area contributed by atoms with Gasteiger partial charge in [0.05, 0.1) is 0 Å². The first-order valence-electron chi connectivity index (χ1n) is 4.32. The predicted molar refractivity (Wildman–Crippen MR) is 58.1 cm³/mol. The molecule has 0 spiro atoms. The topological polar surface area (TPSA) is 54.5 Å². The average molecular weight is 260 g/mol. The molecule has 0 saturated carbocycles. The van der Waals surface area contributed by atoms with Crippen LogP contribution in [0.5, 0.6) is 0 Å².